The summed E-state index contributed by atoms with van der Waals surface area (Å²) in [6.45, 7) is 3.48. The van der Waals surface area contributed by atoms with Crippen LogP contribution in [0, 0.1) is 5.82 Å². The van der Waals surface area contributed by atoms with Gasteiger partial charge in [0.15, 0.2) is 23.5 Å². The Kier molecular flexibility index (Phi) is 6.03. The molecule has 1 unspecified atom stereocenters. The fourth-order valence-electron chi connectivity index (χ4n) is 5.47. The van der Waals surface area contributed by atoms with Crippen molar-refractivity contribution in [3.8, 4) is 17.1 Å². The van der Waals surface area contributed by atoms with E-state index in [0.29, 0.717) is 22.5 Å². The summed E-state index contributed by atoms with van der Waals surface area (Å²) in [4.78, 5) is 21.1. The van der Waals surface area contributed by atoms with Gasteiger partial charge in [-0.2, -0.15) is 0 Å². The third-order valence-electron chi connectivity index (χ3n) is 7.45. The standard InChI is InChI=1S/C26H30FN5O5/c1-14(33)29-16-6-8-32(9-7-16)17-4-2-15(3-5-17)24-18(27)10-19-20(31-24)11-23(30-19)37-21-12-36-26(28)22(34)13-35-25(21)26/h2-5,10-11,16,21-22,25,30,34H,6-9,12-13,28H2,1H3,(H,29,33)/t21-,22-,25?,26-/m1/s1. The lowest BCUT2D eigenvalue weighted by Gasteiger charge is -2.33. The van der Waals surface area contributed by atoms with Crippen LogP contribution in [0.4, 0.5) is 10.1 Å². The van der Waals surface area contributed by atoms with Crippen molar-refractivity contribution in [2.24, 2.45) is 5.73 Å². The summed E-state index contributed by atoms with van der Waals surface area (Å²) in [5.74, 6) is -0.0553. The normalized spacial score (nSPS) is 28.0. The Balaban J connectivity index is 1.16. The molecular formula is C26H30FN5O5. The molecule has 3 aromatic rings. The van der Waals surface area contributed by atoms with Gasteiger partial charge < -0.3 is 34.5 Å². The lowest BCUT2D eigenvalue weighted by molar-refractivity contribution is -0.119. The van der Waals surface area contributed by atoms with E-state index in [0.717, 1.165) is 31.6 Å². The van der Waals surface area contributed by atoms with E-state index in [2.05, 4.69) is 20.2 Å². The predicted octanol–water partition coefficient (Wildman–Crippen LogP) is 1.67. The van der Waals surface area contributed by atoms with Crippen LogP contribution in [0.2, 0.25) is 0 Å². The van der Waals surface area contributed by atoms with Crippen molar-refractivity contribution in [3.05, 3.63) is 42.2 Å². The molecule has 1 amide bonds. The van der Waals surface area contributed by atoms with Crippen molar-refractivity contribution >= 4 is 22.6 Å². The number of carbonyl (C=O) groups is 1. The Morgan fingerprint density at radius 3 is 2.76 bits per heavy atom. The van der Waals surface area contributed by atoms with Gasteiger partial charge in [0.1, 0.15) is 17.9 Å². The molecule has 0 radical (unpaired) electrons. The second-order valence-corrected chi connectivity index (χ2v) is 9.98. The number of nitrogens with zero attached hydrogens (tertiary/aromatic N) is 2. The Bertz CT molecular complexity index is 1310. The highest BCUT2D eigenvalue weighted by atomic mass is 19.1. The zero-order valence-corrected chi connectivity index (χ0v) is 20.4. The van der Waals surface area contributed by atoms with Crippen LogP contribution in [0.15, 0.2) is 36.4 Å². The highest BCUT2D eigenvalue weighted by Crippen LogP contribution is 2.36. The third-order valence-corrected chi connectivity index (χ3v) is 7.45. The van der Waals surface area contributed by atoms with Crippen LogP contribution in [0.1, 0.15) is 19.8 Å². The average Bonchev–Trinajstić information content (AvgIpc) is 3.51. The van der Waals surface area contributed by atoms with Crippen molar-refractivity contribution in [2.45, 2.75) is 49.8 Å². The predicted molar refractivity (Wildman–Crippen MR) is 134 cm³/mol. The number of rotatable bonds is 5. The van der Waals surface area contributed by atoms with E-state index in [1.165, 1.54) is 6.07 Å². The highest BCUT2D eigenvalue weighted by Gasteiger charge is 2.58. The van der Waals surface area contributed by atoms with E-state index in [9.17, 15) is 9.90 Å². The molecule has 0 spiro atoms. The van der Waals surface area contributed by atoms with E-state index >= 15 is 4.39 Å². The van der Waals surface area contributed by atoms with Gasteiger partial charge in [0.05, 0.1) is 24.2 Å². The fourth-order valence-corrected chi connectivity index (χ4v) is 5.47. The molecule has 37 heavy (non-hydrogen) atoms. The Labute approximate surface area is 212 Å². The number of aromatic nitrogens is 2. The molecule has 3 saturated heterocycles. The minimum atomic E-state index is -1.29. The average molecular weight is 512 g/mol. The third kappa shape index (κ3) is 4.42. The molecule has 3 aliphatic rings. The summed E-state index contributed by atoms with van der Waals surface area (Å²) in [5.41, 5.74) is 7.89. The van der Waals surface area contributed by atoms with Gasteiger partial charge >= 0.3 is 0 Å². The molecule has 6 rings (SSSR count). The second kappa shape index (κ2) is 9.25. The second-order valence-electron chi connectivity index (χ2n) is 9.98. The maximum atomic E-state index is 15.0. The number of nitrogens with two attached hydrogens (primary N) is 1. The van der Waals surface area contributed by atoms with Crippen LogP contribution >= 0.6 is 0 Å². The molecule has 0 aliphatic carbocycles. The molecule has 2 aromatic heterocycles. The van der Waals surface area contributed by atoms with Gasteiger partial charge in [-0.05, 0) is 25.0 Å². The zero-order chi connectivity index (χ0) is 25.7. The van der Waals surface area contributed by atoms with Crippen molar-refractivity contribution in [1.29, 1.82) is 0 Å². The summed E-state index contributed by atoms with van der Waals surface area (Å²) in [5, 5.41) is 13.0. The molecule has 4 atom stereocenters. The van der Waals surface area contributed by atoms with Crippen molar-refractivity contribution in [1.82, 2.24) is 15.3 Å². The number of fused-ring (bicyclic) bond motifs is 2. The summed E-state index contributed by atoms with van der Waals surface area (Å²) in [6.07, 6.45) is -0.272. The summed E-state index contributed by atoms with van der Waals surface area (Å²) >= 11 is 0. The van der Waals surface area contributed by atoms with Gasteiger partial charge in [0.2, 0.25) is 5.91 Å². The number of anilines is 1. The lowest BCUT2D eigenvalue weighted by atomic mass is 10.0. The number of carbonyl (C=O) groups excluding carboxylic acids is 1. The summed E-state index contributed by atoms with van der Waals surface area (Å²) < 4.78 is 32.2. The number of piperidine rings is 1. The number of aromatic amines is 1. The first-order chi connectivity index (χ1) is 17.8. The number of amides is 1. The molecule has 3 fully saturated rings. The first kappa shape index (κ1) is 24.1. The Morgan fingerprint density at radius 2 is 2.03 bits per heavy atom. The first-order valence-corrected chi connectivity index (χ1v) is 12.5. The van der Waals surface area contributed by atoms with E-state index in [1.807, 2.05) is 24.3 Å². The molecular weight excluding hydrogens is 481 g/mol. The van der Waals surface area contributed by atoms with Crippen LogP contribution in [0.5, 0.6) is 5.88 Å². The van der Waals surface area contributed by atoms with E-state index in [1.54, 1.807) is 13.0 Å². The molecule has 196 valence electrons. The smallest absolute Gasteiger partial charge is 0.217 e. The van der Waals surface area contributed by atoms with Gasteiger partial charge in [-0.1, -0.05) is 12.1 Å². The topological polar surface area (TPSA) is 135 Å². The number of hydrogen-bond acceptors (Lipinski definition) is 8. The van der Waals surface area contributed by atoms with Crippen molar-refractivity contribution < 1.29 is 28.5 Å². The van der Waals surface area contributed by atoms with E-state index in [-0.39, 0.29) is 30.9 Å². The highest BCUT2D eigenvalue weighted by molar-refractivity contribution is 5.81. The van der Waals surface area contributed by atoms with E-state index < -0.39 is 29.9 Å². The van der Waals surface area contributed by atoms with Gasteiger partial charge in [-0.3, -0.25) is 10.5 Å². The van der Waals surface area contributed by atoms with Crippen LogP contribution in [-0.2, 0) is 14.3 Å². The maximum Gasteiger partial charge on any atom is 0.217 e. The zero-order valence-electron chi connectivity index (χ0n) is 20.4. The van der Waals surface area contributed by atoms with Crippen LogP contribution < -0.4 is 20.7 Å². The summed E-state index contributed by atoms with van der Waals surface area (Å²) in [6, 6.07) is 11.0. The number of halogens is 1. The van der Waals surface area contributed by atoms with Gasteiger partial charge in [-0.25, -0.2) is 9.37 Å². The number of aliphatic hydroxyl groups is 1. The maximum absolute atomic E-state index is 15.0. The van der Waals surface area contributed by atoms with Crippen molar-refractivity contribution in [2.75, 3.05) is 31.2 Å². The minimum absolute atomic E-state index is 0.00298. The molecule has 5 heterocycles. The first-order valence-electron chi connectivity index (χ1n) is 12.5. The Hall–Kier alpha value is -3.25. The van der Waals surface area contributed by atoms with E-state index in [4.69, 9.17) is 19.9 Å². The number of benzene rings is 1. The lowest BCUT2D eigenvalue weighted by Crippen LogP contribution is -2.55. The Morgan fingerprint density at radius 1 is 1.27 bits per heavy atom. The number of pyridine rings is 1. The van der Waals surface area contributed by atoms with Gasteiger partial charge in [0.25, 0.3) is 0 Å². The number of hydrogen-bond donors (Lipinski definition) is 4. The molecule has 3 aliphatic heterocycles. The largest absolute Gasteiger partial charge is 0.470 e. The number of aliphatic hydroxyl groups excluding tert-OH is 1. The number of ether oxygens (including phenoxy) is 3. The molecule has 11 heteroatoms. The van der Waals surface area contributed by atoms with Crippen LogP contribution in [-0.4, -0.2) is 77.4 Å². The molecule has 0 bridgehead atoms. The van der Waals surface area contributed by atoms with Crippen LogP contribution in [0.3, 0.4) is 0 Å². The number of nitrogens with one attached hydrogen (secondary N) is 2. The SMILES string of the molecule is CC(=O)NC1CCN(c2ccc(-c3nc4cc(O[C@@H]5CO[C@@]6(N)C5OC[C@H]6O)[nH]c4cc3F)cc2)CC1. The molecule has 1 aromatic carbocycles. The molecule has 0 saturated carbocycles. The quantitative estimate of drug-likeness (QED) is 0.406. The van der Waals surface area contributed by atoms with Crippen molar-refractivity contribution in [3.63, 3.8) is 0 Å². The van der Waals surface area contributed by atoms with Crippen LogP contribution in [0.25, 0.3) is 22.3 Å². The monoisotopic (exact) mass is 511 g/mol. The molecule has 10 nitrogen and oxygen atoms in total. The summed E-state index contributed by atoms with van der Waals surface area (Å²) in [7, 11) is 0. The minimum Gasteiger partial charge on any atom is -0.470 e. The molecule has 5 N–H and O–H groups in total. The van der Waals surface area contributed by atoms with Gasteiger partial charge in [0, 0.05) is 49.4 Å². The number of H-pyrrole nitrogens is 1. The van der Waals surface area contributed by atoms with Gasteiger partial charge in [-0.15, -0.1) is 0 Å². The fraction of sp³-hybridized carbons (Fsp3) is 0.462.